The van der Waals surface area contributed by atoms with Gasteiger partial charge in [0.2, 0.25) is 0 Å². The highest BCUT2D eigenvalue weighted by molar-refractivity contribution is 5.73. The van der Waals surface area contributed by atoms with E-state index >= 15 is 0 Å². The van der Waals surface area contributed by atoms with Crippen molar-refractivity contribution >= 4 is 5.97 Å². The third-order valence-corrected chi connectivity index (χ3v) is 2.04. The topological polar surface area (TPSA) is 89.1 Å². The molecule has 1 heterocycles. The predicted octanol–water partition coefficient (Wildman–Crippen LogP) is 0.554. The zero-order valence-electron chi connectivity index (χ0n) is 8.84. The zero-order chi connectivity index (χ0) is 11.4. The summed E-state index contributed by atoms with van der Waals surface area (Å²) in [6, 6.07) is 0.882. The molecule has 0 radical (unpaired) electrons. The Morgan fingerprint density at radius 2 is 2.27 bits per heavy atom. The fraction of sp³-hybridized carbons (Fsp3) is 0.500. The molecule has 0 saturated heterocycles. The maximum atomic E-state index is 10.5. The quantitative estimate of drug-likeness (QED) is 0.756. The number of carboxylic acids is 1. The van der Waals surface area contributed by atoms with Crippen LogP contribution in [0.4, 0.5) is 0 Å². The first-order valence-electron chi connectivity index (χ1n) is 4.81. The Morgan fingerprint density at radius 1 is 1.60 bits per heavy atom. The van der Waals surface area contributed by atoms with E-state index < -0.39 is 12.0 Å². The number of aliphatic carboxylic acids is 1. The second-order valence-corrected chi connectivity index (χ2v) is 3.70. The minimum atomic E-state index is -1.03. The van der Waals surface area contributed by atoms with Gasteiger partial charge in [-0.2, -0.15) is 0 Å². The van der Waals surface area contributed by atoms with Gasteiger partial charge in [0.1, 0.15) is 11.9 Å². The van der Waals surface area contributed by atoms with Crippen LogP contribution in [0.2, 0.25) is 0 Å². The second-order valence-electron chi connectivity index (χ2n) is 3.70. The molecule has 5 heteroatoms. The zero-order valence-corrected chi connectivity index (χ0v) is 8.84. The van der Waals surface area contributed by atoms with Gasteiger partial charge in [-0.1, -0.05) is 13.8 Å². The van der Waals surface area contributed by atoms with E-state index in [4.69, 9.17) is 10.8 Å². The summed E-state index contributed by atoms with van der Waals surface area (Å²) in [5.41, 5.74) is 6.30. The SMILES string of the molecule is CC(C)c1ccnc(CC(N)C(=O)O)n1. The average Bonchev–Trinajstić information content (AvgIpc) is 2.18. The van der Waals surface area contributed by atoms with Gasteiger partial charge in [-0.05, 0) is 12.0 Å². The molecule has 1 rings (SSSR count). The summed E-state index contributed by atoms with van der Waals surface area (Å²) in [5.74, 6) is -0.252. The minimum Gasteiger partial charge on any atom is -0.480 e. The molecule has 0 fully saturated rings. The lowest BCUT2D eigenvalue weighted by atomic mass is 10.1. The van der Waals surface area contributed by atoms with Crippen molar-refractivity contribution in [3.8, 4) is 0 Å². The fourth-order valence-electron chi connectivity index (χ4n) is 1.12. The van der Waals surface area contributed by atoms with Crippen LogP contribution in [0, 0.1) is 0 Å². The predicted molar refractivity (Wildman–Crippen MR) is 55.4 cm³/mol. The minimum absolute atomic E-state index is 0.163. The smallest absolute Gasteiger partial charge is 0.320 e. The summed E-state index contributed by atoms with van der Waals surface area (Å²) in [6.07, 6.45) is 1.79. The van der Waals surface area contributed by atoms with Crippen molar-refractivity contribution in [3.05, 3.63) is 23.8 Å². The maximum absolute atomic E-state index is 10.5. The molecule has 5 nitrogen and oxygen atoms in total. The van der Waals surface area contributed by atoms with Gasteiger partial charge < -0.3 is 10.8 Å². The number of aromatic nitrogens is 2. The highest BCUT2D eigenvalue weighted by atomic mass is 16.4. The van der Waals surface area contributed by atoms with E-state index in [-0.39, 0.29) is 6.42 Å². The van der Waals surface area contributed by atoms with Crippen molar-refractivity contribution in [3.63, 3.8) is 0 Å². The number of carboxylic acid groups (broad SMARTS) is 1. The molecular formula is C10H15N3O2. The summed E-state index contributed by atoms with van der Waals surface area (Å²) in [4.78, 5) is 18.8. The van der Waals surface area contributed by atoms with Crippen LogP contribution in [0.15, 0.2) is 12.3 Å². The number of hydrogen-bond acceptors (Lipinski definition) is 4. The summed E-state index contributed by atoms with van der Waals surface area (Å²) >= 11 is 0. The molecule has 1 unspecified atom stereocenters. The maximum Gasteiger partial charge on any atom is 0.320 e. The van der Waals surface area contributed by atoms with Crippen LogP contribution >= 0.6 is 0 Å². The average molecular weight is 209 g/mol. The standard InChI is InChI=1S/C10H15N3O2/c1-6(2)8-3-4-12-9(13-8)5-7(11)10(14)15/h3-4,6-7H,5,11H2,1-2H3,(H,14,15). The van der Waals surface area contributed by atoms with Crippen molar-refractivity contribution in [2.45, 2.75) is 32.2 Å². The largest absolute Gasteiger partial charge is 0.480 e. The van der Waals surface area contributed by atoms with Gasteiger partial charge in [-0.3, -0.25) is 4.79 Å². The van der Waals surface area contributed by atoms with Crippen LogP contribution in [-0.4, -0.2) is 27.1 Å². The molecule has 1 atom stereocenters. The van der Waals surface area contributed by atoms with Crippen molar-refractivity contribution in [1.82, 2.24) is 9.97 Å². The molecule has 15 heavy (non-hydrogen) atoms. The normalized spacial score (nSPS) is 12.8. The molecule has 82 valence electrons. The summed E-state index contributed by atoms with van der Waals surface area (Å²) in [5, 5.41) is 8.64. The number of nitrogens with zero attached hydrogens (tertiary/aromatic N) is 2. The Kier molecular flexibility index (Phi) is 3.74. The van der Waals surface area contributed by atoms with Crippen LogP contribution in [0.25, 0.3) is 0 Å². The third kappa shape index (κ3) is 3.28. The van der Waals surface area contributed by atoms with E-state index in [9.17, 15) is 4.79 Å². The van der Waals surface area contributed by atoms with Crippen LogP contribution in [-0.2, 0) is 11.2 Å². The fourth-order valence-corrected chi connectivity index (χ4v) is 1.12. The lowest BCUT2D eigenvalue weighted by molar-refractivity contribution is -0.138. The number of carbonyl (C=O) groups is 1. The van der Waals surface area contributed by atoms with Crippen LogP contribution in [0.5, 0.6) is 0 Å². The lowest BCUT2D eigenvalue weighted by Crippen LogP contribution is -2.33. The Balaban J connectivity index is 2.78. The molecule has 1 aromatic heterocycles. The molecule has 0 bridgehead atoms. The summed E-state index contributed by atoms with van der Waals surface area (Å²) in [7, 11) is 0. The highest BCUT2D eigenvalue weighted by Crippen LogP contribution is 2.10. The van der Waals surface area contributed by atoms with Gasteiger partial charge >= 0.3 is 5.97 Å². The van der Waals surface area contributed by atoms with Crippen molar-refractivity contribution in [2.75, 3.05) is 0 Å². The molecule has 0 spiro atoms. The van der Waals surface area contributed by atoms with E-state index in [1.54, 1.807) is 6.20 Å². The number of rotatable bonds is 4. The van der Waals surface area contributed by atoms with Crippen LogP contribution in [0.1, 0.15) is 31.3 Å². The first-order chi connectivity index (χ1) is 7.00. The first kappa shape index (κ1) is 11.6. The van der Waals surface area contributed by atoms with Gasteiger partial charge in [-0.15, -0.1) is 0 Å². The van der Waals surface area contributed by atoms with Gasteiger partial charge in [0.25, 0.3) is 0 Å². The van der Waals surface area contributed by atoms with Gasteiger partial charge in [0.05, 0.1) is 0 Å². The third-order valence-electron chi connectivity index (χ3n) is 2.04. The molecule has 0 aliphatic carbocycles. The van der Waals surface area contributed by atoms with Crippen molar-refractivity contribution in [1.29, 1.82) is 0 Å². The van der Waals surface area contributed by atoms with Crippen LogP contribution < -0.4 is 5.73 Å². The Hall–Kier alpha value is -1.49. The van der Waals surface area contributed by atoms with Gasteiger partial charge in [-0.25, -0.2) is 9.97 Å². The Bertz CT molecular complexity index is 352. The lowest BCUT2D eigenvalue weighted by Gasteiger charge is -2.08. The van der Waals surface area contributed by atoms with E-state index in [2.05, 4.69) is 9.97 Å². The van der Waals surface area contributed by atoms with E-state index in [0.29, 0.717) is 11.7 Å². The van der Waals surface area contributed by atoms with E-state index in [1.807, 2.05) is 19.9 Å². The molecular weight excluding hydrogens is 194 g/mol. The molecule has 0 aliphatic rings. The van der Waals surface area contributed by atoms with Gasteiger partial charge in [0, 0.05) is 18.3 Å². The van der Waals surface area contributed by atoms with Crippen molar-refractivity contribution < 1.29 is 9.90 Å². The molecule has 0 amide bonds. The molecule has 0 aliphatic heterocycles. The van der Waals surface area contributed by atoms with E-state index in [0.717, 1.165) is 5.69 Å². The highest BCUT2D eigenvalue weighted by Gasteiger charge is 2.14. The molecule has 0 aromatic carbocycles. The molecule has 1 aromatic rings. The Labute approximate surface area is 88.4 Å². The molecule has 3 N–H and O–H groups in total. The number of nitrogens with two attached hydrogens (primary N) is 1. The summed E-state index contributed by atoms with van der Waals surface area (Å²) < 4.78 is 0. The monoisotopic (exact) mass is 209 g/mol. The first-order valence-corrected chi connectivity index (χ1v) is 4.81. The van der Waals surface area contributed by atoms with Gasteiger partial charge in [0.15, 0.2) is 0 Å². The Morgan fingerprint density at radius 3 is 2.80 bits per heavy atom. The molecule has 0 saturated carbocycles. The van der Waals surface area contributed by atoms with Crippen LogP contribution in [0.3, 0.4) is 0 Å². The summed E-state index contributed by atoms with van der Waals surface area (Å²) in [6.45, 7) is 4.03. The number of hydrogen-bond donors (Lipinski definition) is 2. The van der Waals surface area contributed by atoms with E-state index in [1.165, 1.54) is 0 Å². The van der Waals surface area contributed by atoms with Crippen molar-refractivity contribution in [2.24, 2.45) is 5.73 Å². The second kappa shape index (κ2) is 4.84.